The predicted octanol–water partition coefficient (Wildman–Crippen LogP) is 2.95. The van der Waals surface area contributed by atoms with Crippen molar-refractivity contribution in [3.63, 3.8) is 0 Å². The molecule has 3 rings (SSSR count). The minimum absolute atomic E-state index is 0.0600. The second-order valence-electron chi connectivity index (χ2n) is 6.61. The van der Waals surface area contributed by atoms with Crippen LogP contribution in [0.2, 0.25) is 0 Å². The summed E-state index contributed by atoms with van der Waals surface area (Å²) in [6, 6.07) is 19.1. The highest BCUT2D eigenvalue weighted by molar-refractivity contribution is 6.12. The Morgan fingerprint density at radius 3 is 1.88 bits per heavy atom. The average molecular weight is 463 g/mol. The van der Waals surface area contributed by atoms with Gasteiger partial charge in [0.15, 0.2) is 11.7 Å². The van der Waals surface area contributed by atoms with Gasteiger partial charge in [-0.25, -0.2) is 9.59 Å². The SMILES string of the molecule is N=C(N)Nc1ccc(C(=O)Oc2ccc(C(=N)N)cc2C(=O)c2ccccc2)cc1.O=C(O)O. The Hall–Kier alpha value is -5.19. The van der Waals surface area contributed by atoms with Gasteiger partial charge in [0, 0.05) is 16.8 Å². The summed E-state index contributed by atoms with van der Waals surface area (Å²) in [4.78, 5) is 34.1. The predicted molar refractivity (Wildman–Crippen MR) is 125 cm³/mol. The lowest BCUT2D eigenvalue weighted by molar-refractivity contribution is 0.0732. The largest absolute Gasteiger partial charge is 0.503 e. The highest BCUT2D eigenvalue weighted by Crippen LogP contribution is 2.25. The van der Waals surface area contributed by atoms with Crippen molar-refractivity contribution < 1.29 is 29.3 Å². The maximum atomic E-state index is 13.0. The van der Waals surface area contributed by atoms with Gasteiger partial charge in [-0.3, -0.25) is 15.6 Å². The molecule has 0 atom stereocenters. The van der Waals surface area contributed by atoms with E-state index in [9.17, 15) is 9.59 Å². The van der Waals surface area contributed by atoms with E-state index in [1.54, 1.807) is 42.5 Å². The van der Waals surface area contributed by atoms with Crippen LogP contribution in [0.5, 0.6) is 5.75 Å². The van der Waals surface area contributed by atoms with E-state index in [0.717, 1.165) is 0 Å². The molecule has 0 spiro atoms. The number of hydrogen-bond acceptors (Lipinski definition) is 6. The fourth-order valence-corrected chi connectivity index (χ4v) is 2.71. The van der Waals surface area contributed by atoms with Crippen molar-refractivity contribution in [1.29, 1.82) is 10.8 Å². The monoisotopic (exact) mass is 463 g/mol. The molecule has 0 saturated heterocycles. The van der Waals surface area contributed by atoms with E-state index in [1.807, 2.05) is 0 Å². The third-order valence-corrected chi connectivity index (χ3v) is 4.17. The van der Waals surface area contributed by atoms with Crippen molar-refractivity contribution in [2.75, 3.05) is 5.32 Å². The van der Waals surface area contributed by atoms with Crippen LogP contribution in [0.25, 0.3) is 0 Å². The molecule has 0 amide bonds. The normalized spacial score (nSPS) is 9.65. The minimum Gasteiger partial charge on any atom is -0.450 e. The van der Waals surface area contributed by atoms with Crippen molar-refractivity contribution in [2.24, 2.45) is 11.5 Å². The van der Waals surface area contributed by atoms with Crippen molar-refractivity contribution in [1.82, 2.24) is 0 Å². The average Bonchev–Trinajstić information content (AvgIpc) is 2.79. The molecule has 11 nitrogen and oxygen atoms in total. The van der Waals surface area contributed by atoms with Crippen molar-refractivity contribution in [2.45, 2.75) is 0 Å². The van der Waals surface area contributed by atoms with Crippen LogP contribution in [0.3, 0.4) is 0 Å². The van der Waals surface area contributed by atoms with Crippen LogP contribution in [-0.2, 0) is 0 Å². The van der Waals surface area contributed by atoms with Gasteiger partial charge in [0.1, 0.15) is 11.6 Å². The molecule has 11 heteroatoms. The molecular weight excluding hydrogens is 442 g/mol. The standard InChI is InChI=1S/C22H19N5O3.CH2O3/c23-20(24)15-8-11-18(17(12-15)19(28)13-4-2-1-3-5-13)30-21(29)14-6-9-16(10-7-14)27-22(25)26;2-1(3)4/h1-12H,(H3,23,24)(H4,25,26,27);(H2,2,3,4). The molecule has 0 saturated carbocycles. The van der Waals surface area contributed by atoms with Gasteiger partial charge < -0.3 is 31.7 Å². The van der Waals surface area contributed by atoms with Crippen LogP contribution in [-0.4, -0.2) is 39.9 Å². The van der Waals surface area contributed by atoms with Gasteiger partial charge in [0.25, 0.3) is 0 Å². The molecule has 0 aliphatic rings. The Morgan fingerprint density at radius 2 is 1.35 bits per heavy atom. The van der Waals surface area contributed by atoms with Crippen LogP contribution in [0.4, 0.5) is 10.5 Å². The maximum absolute atomic E-state index is 13.0. The van der Waals surface area contributed by atoms with Gasteiger partial charge in [-0.15, -0.1) is 0 Å². The van der Waals surface area contributed by atoms with Crippen LogP contribution in [0.1, 0.15) is 31.8 Å². The Bertz CT molecular complexity index is 1220. The Balaban J connectivity index is 0.000000945. The lowest BCUT2D eigenvalue weighted by Gasteiger charge is -2.12. The third-order valence-electron chi connectivity index (χ3n) is 4.17. The fraction of sp³-hybridized carbons (Fsp3) is 0. The second kappa shape index (κ2) is 11.4. The lowest BCUT2D eigenvalue weighted by atomic mass is 10.00. The van der Waals surface area contributed by atoms with Crippen LogP contribution >= 0.6 is 0 Å². The quantitative estimate of drug-likeness (QED) is 0.0939. The molecular formula is C23H21N5O6. The summed E-state index contributed by atoms with van der Waals surface area (Å²) in [5.41, 5.74) is 12.5. The zero-order valence-corrected chi connectivity index (χ0v) is 17.6. The number of nitrogens with two attached hydrogens (primary N) is 2. The summed E-state index contributed by atoms with van der Waals surface area (Å²) in [5.74, 6) is -1.39. The summed E-state index contributed by atoms with van der Waals surface area (Å²) in [6.07, 6.45) is -1.83. The number of benzene rings is 3. The second-order valence-corrected chi connectivity index (χ2v) is 6.61. The first-order valence-corrected chi connectivity index (χ1v) is 9.52. The lowest BCUT2D eigenvalue weighted by Crippen LogP contribution is -2.20. The molecule has 0 radical (unpaired) electrons. The summed E-state index contributed by atoms with van der Waals surface area (Å²) in [5, 5.41) is 31.4. The van der Waals surface area contributed by atoms with E-state index < -0.39 is 12.1 Å². The molecule has 9 N–H and O–H groups in total. The number of anilines is 1. The maximum Gasteiger partial charge on any atom is 0.503 e. The van der Waals surface area contributed by atoms with Gasteiger partial charge in [-0.05, 0) is 42.5 Å². The number of carboxylic acid groups (broad SMARTS) is 2. The summed E-state index contributed by atoms with van der Waals surface area (Å²) >= 11 is 0. The van der Waals surface area contributed by atoms with E-state index in [2.05, 4.69) is 5.32 Å². The highest BCUT2D eigenvalue weighted by atomic mass is 16.6. The third kappa shape index (κ3) is 7.20. The molecule has 0 aliphatic heterocycles. The van der Waals surface area contributed by atoms with E-state index in [0.29, 0.717) is 16.8 Å². The Morgan fingerprint density at radius 1 is 0.794 bits per heavy atom. The molecule has 34 heavy (non-hydrogen) atoms. The van der Waals surface area contributed by atoms with Crippen molar-refractivity contribution in [3.8, 4) is 5.75 Å². The number of hydrogen-bond donors (Lipinski definition) is 7. The minimum atomic E-state index is -1.83. The van der Waals surface area contributed by atoms with Crippen LogP contribution in [0, 0.1) is 10.8 Å². The number of guanidine groups is 1. The van der Waals surface area contributed by atoms with Gasteiger partial charge in [-0.1, -0.05) is 30.3 Å². The van der Waals surface area contributed by atoms with E-state index >= 15 is 0 Å². The van der Waals surface area contributed by atoms with E-state index in [1.165, 1.54) is 30.3 Å². The van der Waals surface area contributed by atoms with Crippen LogP contribution in [0.15, 0.2) is 72.8 Å². The molecule has 0 unspecified atom stereocenters. The first-order chi connectivity index (χ1) is 16.1. The summed E-state index contributed by atoms with van der Waals surface area (Å²) < 4.78 is 5.47. The van der Waals surface area contributed by atoms with Gasteiger partial charge in [0.2, 0.25) is 0 Å². The van der Waals surface area contributed by atoms with Crippen molar-refractivity contribution in [3.05, 3.63) is 95.1 Å². The molecule has 0 heterocycles. The number of ketones is 1. The first kappa shape index (κ1) is 25.1. The number of esters is 1. The molecule has 174 valence electrons. The van der Waals surface area contributed by atoms with Gasteiger partial charge in [-0.2, -0.15) is 0 Å². The highest BCUT2D eigenvalue weighted by Gasteiger charge is 2.19. The zero-order valence-electron chi connectivity index (χ0n) is 17.6. The van der Waals surface area contributed by atoms with Gasteiger partial charge in [0.05, 0.1) is 11.1 Å². The number of rotatable bonds is 6. The number of ether oxygens (including phenoxy) is 1. The topological polar surface area (TPSA) is 213 Å². The fourth-order valence-electron chi connectivity index (χ4n) is 2.71. The van der Waals surface area contributed by atoms with Gasteiger partial charge >= 0.3 is 12.1 Å². The smallest absolute Gasteiger partial charge is 0.450 e. The summed E-state index contributed by atoms with van der Waals surface area (Å²) in [7, 11) is 0. The number of carbonyl (C=O) groups excluding carboxylic acids is 2. The molecule has 3 aromatic carbocycles. The van der Waals surface area contributed by atoms with Crippen molar-refractivity contribution >= 4 is 35.4 Å². The number of nitrogens with one attached hydrogen (secondary N) is 3. The Kier molecular flexibility index (Phi) is 8.43. The Labute approximate surface area is 193 Å². The zero-order chi connectivity index (χ0) is 25.3. The summed E-state index contributed by atoms with van der Waals surface area (Å²) in [6.45, 7) is 0. The number of nitrogen functional groups attached to an aromatic ring is 1. The van der Waals surface area contributed by atoms with E-state index in [-0.39, 0.29) is 34.5 Å². The molecule has 0 aromatic heterocycles. The molecule has 0 fully saturated rings. The molecule has 0 bridgehead atoms. The number of carbonyl (C=O) groups is 3. The molecule has 3 aromatic rings. The van der Waals surface area contributed by atoms with Crippen LogP contribution < -0.4 is 21.5 Å². The molecule has 0 aliphatic carbocycles. The number of amidine groups is 1. The van der Waals surface area contributed by atoms with E-state index in [4.69, 9.17) is 42.0 Å². The first-order valence-electron chi connectivity index (χ1n) is 9.52.